The van der Waals surface area contributed by atoms with Gasteiger partial charge in [0.05, 0.1) is 6.20 Å². The number of nitrogens with one attached hydrogen (secondary N) is 1. The maximum atomic E-state index is 12.1. The smallest absolute Gasteiger partial charge is 0.247 e. The van der Waals surface area contributed by atoms with Crippen LogP contribution in [-0.2, 0) is 4.79 Å². The summed E-state index contributed by atoms with van der Waals surface area (Å²) in [6, 6.07) is 10.5. The van der Waals surface area contributed by atoms with E-state index in [0.29, 0.717) is 5.82 Å². The van der Waals surface area contributed by atoms with Crippen LogP contribution in [0.5, 0.6) is 0 Å². The Morgan fingerprint density at radius 2 is 1.95 bits per heavy atom. The van der Waals surface area contributed by atoms with Crippen molar-refractivity contribution in [2.45, 2.75) is 25.9 Å². The van der Waals surface area contributed by atoms with Gasteiger partial charge in [0.1, 0.15) is 11.9 Å². The normalized spacial score (nSPS) is 12.4. The van der Waals surface area contributed by atoms with E-state index in [2.05, 4.69) is 10.4 Å². The largest absolute Gasteiger partial charge is 0.316 e. The number of hydrogen-bond donors (Lipinski definition) is 2. The minimum atomic E-state index is -0.684. The lowest BCUT2D eigenvalue weighted by molar-refractivity contribution is -0.117. The first-order valence-corrected chi connectivity index (χ1v) is 6.24. The predicted octanol–water partition coefficient (Wildman–Crippen LogP) is 2.10. The van der Waals surface area contributed by atoms with Crippen LogP contribution >= 0.6 is 0 Å². The Labute approximate surface area is 112 Å². The lowest BCUT2D eigenvalue weighted by Crippen LogP contribution is -2.28. The second-order valence-corrected chi connectivity index (χ2v) is 4.63. The average molecular weight is 258 g/mol. The number of nitrogens with two attached hydrogens (primary N) is 1. The third-order valence-electron chi connectivity index (χ3n) is 2.85. The van der Waals surface area contributed by atoms with Crippen molar-refractivity contribution < 1.29 is 4.79 Å². The standard InChI is InChI=1S/C14H18N4O/c1-10(2)18-12(8-9-16-18)17-14(19)13(15)11-6-4-3-5-7-11/h3-10,13H,15H2,1-2H3,(H,17,19)/t13-/m0/s1. The van der Waals surface area contributed by atoms with E-state index >= 15 is 0 Å². The van der Waals surface area contributed by atoms with Gasteiger partial charge in [0.15, 0.2) is 0 Å². The van der Waals surface area contributed by atoms with Crippen LogP contribution in [0.15, 0.2) is 42.6 Å². The van der Waals surface area contributed by atoms with Crippen molar-refractivity contribution in [2.75, 3.05) is 5.32 Å². The average Bonchev–Trinajstić information content (AvgIpc) is 2.87. The molecule has 0 bridgehead atoms. The lowest BCUT2D eigenvalue weighted by atomic mass is 10.1. The molecule has 3 N–H and O–H groups in total. The number of hydrogen-bond acceptors (Lipinski definition) is 3. The predicted molar refractivity (Wildman–Crippen MR) is 74.6 cm³/mol. The van der Waals surface area contributed by atoms with Crippen molar-refractivity contribution in [3.63, 3.8) is 0 Å². The van der Waals surface area contributed by atoms with Crippen molar-refractivity contribution in [2.24, 2.45) is 5.73 Å². The van der Waals surface area contributed by atoms with E-state index in [0.717, 1.165) is 5.56 Å². The molecular weight excluding hydrogens is 240 g/mol. The molecule has 2 aromatic rings. The second-order valence-electron chi connectivity index (χ2n) is 4.63. The van der Waals surface area contributed by atoms with Gasteiger partial charge in [0, 0.05) is 12.1 Å². The van der Waals surface area contributed by atoms with Gasteiger partial charge >= 0.3 is 0 Å². The summed E-state index contributed by atoms with van der Waals surface area (Å²) in [5, 5.41) is 6.97. The summed E-state index contributed by atoms with van der Waals surface area (Å²) in [5.74, 6) is 0.417. The van der Waals surface area contributed by atoms with E-state index in [1.54, 1.807) is 16.9 Å². The summed E-state index contributed by atoms with van der Waals surface area (Å²) >= 11 is 0. The zero-order chi connectivity index (χ0) is 13.8. The number of benzene rings is 1. The quantitative estimate of drug-likeness (QED) is 0.882. The molecule has 1 aromatic carbocycles. The van der Waals surface area contributed by atoms with Crippen LogP contribution < -0.4 is 11.1 Å². The molecule has 0 saturated heterocycles. The van der Waals surface area contributed by atoms with Gasteiger partial charge in [-0.25, -0.2) is 4.68 Å². The van der Waals surface area contributed by atoms with Gasteiger partial charge in [-0.1, -0.05) is 30.3 Å². The maximum Gasteiger partial charge on any atom is 0.247 e. The molecule has 1 aromatic heterocycles. The second kappa shape index (κ2) is 5.67. The third-order valence-corrected chi connectivity index (χ3v) is 2.85. The van der Waals surface area contributed by atoms with Gasteiger partial charge in [0.25, 0.3) is 0 Å². The van der Waals surface area contributed by atoms with E-state index in [-0.39, 0.29) is 11.9 Å². The molecule has 1 heterocycles. The molecule has 0 aliphatic rings. The fraction of sp³-hybridized carbons (Fsp3) is 0.286. The molecule has 0 fully saturated rings. The van der Waals surface area contributed by atoms with Crippen LogP contribution in [-0.4, -0.2) is 15.7 Å². The highest BCUT2D eigenvalue weighted by Crippen LogP contribution is 2.16. The third kappa shape index (κ3) is 3.00. The molecule has 0 aliphatic carbocycles. The van der Waals surface area contributed by atoms with Gasteiger partial charge in [0.2, 0.25) is 5.91 Å². The molecule has 19 heavy (non-hydrogen) atoms. The Hall–Kier alpha value is -2.14. The maximum absolute atomic E-state index is 12.1. The minimum Gasteiger partial charge on any atom is -0.316 e. The monoisotopic (exact) mass is 258 g/mol. The molecule has 0 saturated carbocycles. The Bertz CT molecular complexity index is 548. The lowest BCUT2D eigenvalue weighted by Gasteiger charge is -2.15. The van der Waals surface area contributed by atoms with Crippen molar-refractivity contribution in [3.05, 3.63) is 48.2 Å². The number of rotatable bonds is 4. The van der Waals surface area contributed by atoms with Crippen LogP contribution in [0.3, 0.4) is 0 Å². The zero-order valence-corrected chi connectivity index (χ0v) is 11.1. The van der Waals surface area contributed by atoms with Crippen LogP contribution in [0.4, 0.5) is 5.82 Å². The topological polar surface area (TPSA) is 72.9 Å². The molecule has 5 nitrogen and oxygen atoms in total. The minimum absolute atomic E-state index is 0.179. The molecule has 1 atom stereocenters. The van der Waals surface area contributed by atoms with E-state index in [1.165, 1.54) is 0 Å². The summed E-state index contributed by atoms with van der Waals surface area (Å²) < 4.78 is 1.75. The Morgan fingerprint density at radius 1 is 1.26 bits per heavy atom. The number of aromatic nitrogens is 2. The molecule has 100 valence electrons. The number of nitrogens with zero attached hydrogens (tertiary/aromatic N) is 2. The Balaban J connectivity index is 2.11. The molecule has 5 heteroatoms. The van der Waals surface area contributed by atoms with Gasteiger partial charge in [-0.3, -0.25) is 4.79 Å². The highest BCUT2D eigenvalue weighted by atomic mass is 16.2. The van der Waals surface area contributed by atoms with Gasteiger partial charge in [-0.15, -0.1) is 0 Å². The van der Waals surface area contributed by atoms with Crippen molar-refractivity contribution >= 4 is 11.7 Å². The van der Waals surface area contributed by atoms with E-state index in [4.69, 9.17) is 5.73 Å². The molecule has 0 unspecified atom stereocenters. The van der Waals surface area contributed by atoms with Crippen molar-refractivity contribution in [3.8, 4) is 0 Å². The van der Waals surface area contributed by atoms with Crippen molar-refractivity contribution in [1.82, 2.24) is 9.78 Å². The van der Waals surface area contributed by atoms with Crippen LogP contribution in [0, 0.1) is 0 Å². The summed E-state index contributed by atoms with van der Waals surface area (Å²) in [7, 11) is 0. The highest BCUT2D eigenvalue weighted by Gasteiger charge is 2.17. The Morgan fingerprint density at radius 3 is 2.58 bits per heavy atom. The summed E-state index contributed by atoms with van der Waals surface area (Å²) in [6.45, 7) is 4.00. The highest BCUT2D eigenvalue weighted by molar-refractivity contribution is 5.94. The van der Waals surface area contributed by atoms with Gasteiger partial charge in [-0.2, -0.15) is 5.10 Å². The van der Waals surface area contributed by atoms with Crippen LogP contribution in [0.2, 0.25) is 0 Å². The van der Waals surface area contributed by atoms with E-state index < -0.39 is 6.04 Å². The zero-order valence-electron chi connectivity index (χ0n) is 11.1. The molecule has 0 radical (unpaired) electrons. The molecule has 1 amide bonds. The van der Waals surface area contributed by atoms with Gasteiger partial charge < -0.3 is 11.1 Å². The summed E-state index contributed by atoms with van der Waals surface area (Å²) in [5.41, 5.74) is 6.73. The number of amides is 1. The summed E-state index contributed by atoms with van der Waals surface area (Å²) in [4.78, 5) is 12.1. The number of carbonyl (C=O) groups is 1. The SMILES string of the molecule is CC(C)n1nccc1NC(=O)[C@@H](N)c1ccccc1. The van der Waals surface area contributed by atoms with Crippen LogP contribution in [0.25, 0.3) is 0 Å². The number of carbonyl (C=O) groups excluding carboxylic acids is 1. The Kier molecular flexibility index (Phi) is 3.97. The fourth-order valence-electron chi connectivity index (χ4n) is 1.84. The fourth-order valence-corrected chi connectivity index (χ4v) is 1.84. The van der Waals surface area contributed by atoms with Crippen LogP contribution in [0.1, 0.15) is 31.5 Å². The van der Waals surface area contributed by atoms with Gasteiger partial charge in [-0.05, 0) is 19.4 Å². The molecular formula is C14H18N4O. The van der Waals surface area contributed by atoms with Crippen molar-refractivity contribution in [1.29, 1.82) is 0 Å². The summed E-state index contributed by atoms with van der Waals surface area (Å²) in [6.07, 6.45) is 1.66. The first kappa shape index (κ1) is 13.3. The molecule has 0 aliphatic heterocycles. The molecule has 0 spiro atoms. The van der Waals surface area contributed by atoms with E-state index in [1.807, 2.05) is 44.2 Å². The first-order chi connectivity index (χ1) is 9.09. The number of anilines is 1. The first-order valence-electron chi connectivity index (χ1n) is 6.24. The molecule has 2 rings (SSSR count). The van der Waals surface area contributed by atoms with E-state index in [9.17, 15) is 4.79 Å².